The molecule has 0 amide bonds. The van der Waals surface area contributed by atoms with E-state index < -0.39 is 0 Å². The Morgan fingerprint density at radius 2 is 2.16 bits per heavy atom. The van der Waals surface area contributed by atoms with E-state index in [1.54, 1.807) is 6.92 Å². The molecule has 0 saturated heterocycles. The van der Waals surface area contributed by atoms with Crippen LogP contribution in [-0.2, 0) is 22.4 Å². The number of allylic oxidation sites excluding steroid dienone is 1. The second kappa shape index (κ2) is 6.71. The van der Waals surface area contributed by atoms with Gasteiger partial charge in [-0.1, -0.05) is 42.1 Å². The summed E-state index contributed by atoms with van der Waals surface area (Å²) in [5.74, 6) is 1.18. The molecule has 0 aliphatic heterocycles. The predicted octanol–water partition coefficient (Wildman–Crippen LogP) is 3.43. The molecule has 0 bridgehead atoms. The molecule has 1 aliphatic carbocycles. The zero-order valence-corrected chi connectivity index (χ0v) is 12.0. The standard InChI is InChI=1S/C16H18O2S/c1-12(17)19-9-3-2-4-13-5-6-15-11-16(18)8-7-14(15)10-13/h2,4-6,10H,3,7-9,11H2,1H3. The number of thioether (sulfide) groups is 1. The average molecular weight is 274 g/mol. The molecule has 0 fully saturated rings. The Hall–Kier alpha value is -1.35. The second-order valence-electron chi connectivity index (χ2n) is 4.77. The first-order valence-electron chi connectivity index (χ1n) is 6.58. The number of ketones is 1. The Labute approximate surface area is 118 Å². The summed E-state index contributed by atoms with van der Waals surface area (Å²) >= 11 is 1.36. The van der Waals surface area contributed by atoms with Crippen molar-refractivity contribution in [2.75, 3.05) is 5.75 Å². The van der Waals surface area contributed by atoms with Gasteiger partial charge in [0, 0.05) is 25.5 Å². The van der Waals surface area contributed by atoms with Crippen molar-refractivity contribution < 1.29 is 9.59 Å². The van der Waals surface area contributed by atoms with E-state index in [4.69, 9.17) is 0 Å². The van der Waals surface area contributed by atoms with Crippen molar-refractivity contribution in [2.24, 2.45) is 0 Å². The highest BCUT2D eigenvalue weighted by Crippen LogP contribution is 2.21. The van der Waals surface area contributed by atoms with E-state index in [1.165, 1.54) is 28.5 Å². The fourth-order valence-electron chi connectivity index (χ4n) is 2.22. The number of carbonyl (C=O) groups is 2. The maximum absolute atomic E-state index is 11.4. The van der Waals surface area contributed by atoms with E-state index >= 15 is 0 Å². The van der Waals surface area contributed by atoms with E-state index in [-0.39, 0.29) is 5.12 Å². The Morgan fingerprint density at radius 1 is 1.32 bits per heavy atom. The van der Waals surface area contributed by atoms with Crippen LogP contribution in [0.15, 0.2) is 24.3 Å². The first-order chi connectivity index (χ1) is 9.15. The van der Waals surface area contributed by atoms with Crippen LogP contribution in [0.3, 0.4) is 0 Å². The second-order valence-corrected chi connectivity index (χ2v) is 6.05. The Balaban J connectivity index is 1.93. The fraction of sp³-hybridized carbons (Fsp3) is 0.375. The van der Waals surface area contributed by atoms with Crippen molar-refractivity contribution >= 4 is 28.7 Å². The molecule has 19 heavy (non-hydrogen) atoms. The van der Waals surface area contributed by atoms with E-state index in [0.717, 1.165) is 18.6 Å². The highest BCUT2D eigenvalue weighted by Gasteiger charge is 2.14. The lowest BCUT2D eigenvalue weighted by Crippen LogP contribution is -2.13. The fourth-order valence-corrected chi connectivity index (χ4v) is 2.76. The van der Waals surface area contributed by atoms with Crippen LogP contribution in [0.5, 0.6) is 0 Å². The molecule has 0 spiro atoms. The monoisotopic (exact) mass is 274 g/mol. The van der Waals surface area contributed by atoms with Gasteiger partial charge >= 0.3 is 0 Å². The minimum absolute atomic E-state index is 0.173. The van der Waals surface area contributed by atoms with Crippen LogP contribution in [0, 0.1) is 0 Å². The van der Waals surface area contributed by atoms with Gasteiger partial charge in [-0.05, 0) is 29.5 Å². The minimum atomic E-state index is 0.173. The minimum Gasteiger partial charge on any atom is -0.299 e. The summed E-state index contributed by atoms with van der Waals surface area (Å²) in [5.41, 5.74) is 3.67. The first kappa shape index (κ1) is 14.1. The predicted molar refractivity (Wildman–Crippen MR) is 80.3 cm³/mol. The van der Waals surface area contributed by atoms with Gasteiger partial charge in [0.1, 0.15) is 5.78 Å². The van der Waals surface area contributed by atoms with E-state index in [2.05, 4.69) is 30.4 Å². The van der Waals surface area contributed by atoms with Crippen molar-refractivity contribution in [3.05, 3.63) is 41.0 Å². The molecule has 0 saturated carbocycles. The van der Waals surface area contributed by atoms with Crippen molar-refractivity contribution in [3.8, 4) is 0 Å². The van der Waals surface area contributed by atoms with Crippen LogP contribution >= 0.6 is 11.8 Å². The van der Waals surface area contributed by atoms with Crippen molar-refractivity contribution in [2.45, 2.75) is 32.6 Å². The van der Waals surface area contributed by atoms with Gasteiger partial charge in [0.2, 0.25) is 0 Å². The number of fused-ring (bicyclic) bond motifs is 1. The molecule has 1 aromatic rings. The third-order valence-corrected chi connectivity index (χ3v) is 4.04. The number of carbonyl (C=O) groups excluding carboxylic acids is 2. The summed E-state index contributed by atoms with van der Waals surface area (Å²) in [6.45, 7) is 1.60. The van der Waals surface area contributed by atoms with Crippen LogP contribution in [0.25, 0.3) is 6.08 Å². The SMILES string of the molecule is CC(=O)SCCC=Cc1ccc2c(c1)CCC(=O)C2. The Bertz CT molecular complexity index is 517. The number of benzene rings is 1. The van der Waals surface area contributed by atoms with Gasteiger partial charge in [-0.25, -0.2) is 0 Å². The number of hydrogen-bond acceptors (Lipinski definition) is 3. The third kappa shape index (κ3) is 4.35. The highest BCUT2D eigenvalue weighted by atomic mass is 32.2. The van der Waals surface area contributed by atoms with E-state index in [0.29, 0.717) is 18.6 Å². The van der Waals surface area contributed by atoms with Gasteiger partial charge in [-0.3, -0.25) is 9.59 Å². The van der Waals surface area contributed by atoms with Crippen molar-refractivity contribution in [1.82, 2.24) is 0 Å². The normalized spacial score (nSPS) is 14.7. The molecular formula is C16H18O2S. The van der Waals surface area contributed by atoms with Gasteiger partial charge in [-0.15, -0.1) is 0 Å². The van der Waals surface area contributed by atoms with Gasteiger partial charge in [-0.2, -0.15) is 0 Å². The molecule has 3 heteroatoms. The molecule has 2 rings (SSSR count). The molecule has 0 heterocycles. The van der Waals surface area contributed by atoms with Gasteiger partial charge in [0.15, 0.2) is 5.12 Å². The lowest BCUT2D eigenvalue weighted by Gasteiger charge is -2.15. The van der Waals surface area contributed by atoms with Gasteiger partial charge < -0.3 is 0 Å². The third-order valence-electron chi connectivity index (χ3n) is 3.19. The van der Waals surface area contributed by atoms with Crippen LogP contribution in [0.4, 0.5) is 0 Å². The first-order valence-corrected chi connectivity index (χ1v) is 7.57. The lowest BCUT2D eigenvalue weighted by atomic mass is 9.89. The molecule has 100 valence electrons. The molecular weight excluding hydrogens is 256 g/mol. The summed E-state index contributed by atoms with van der Waals surface area (Å²) in [5, 5.41) is 0.173. The molecule has 0 radical (unpaired) electrons. The number of Topliss-reactive ketones (excluding diaryl/α,β-unsaturated/α-hetero) is 1. The zero-order valence-electron chi connectivity index (χ0n) is 11.1. The summed E-state index contributed by atoms with van der Waals surface area (Å²) in [4.78, 5) is 22.1. The molecule has 0 atom stereocenters. The van der Waals surface area contributed by atoms with Crippen molar-refractivity contribution in [1.29, 1.82) is 0 Å². The molecule has 0 unspecified atom stereocenters. The number of rotatable bonds is 4. The zero-order chi connectivity index (χ0) is 13.7. The highest BCUT2D eigenvalue weighted by molar-refractivity contribution is 8.13. The maximum Gasteiger partial charge on any atom is 0.185 e. The van der Waals surface area contributed by atoms with Crippen LogP contribution in [0.1, 0.15) is 36.5 Å². The van der Waals surface area contributed by atoms with Crippen LogP contribution in [0.2, 0.25) is 0 Å². The number of aryl methyl sites for hydroxylation is 1. The molecule has 0 aromatic heterocycles. The summed E-state index contributed by atoms with van der Waals surface area (Å²) in [6, 6.07) is 6.30. The maximum atomic E-state index is 11.4. The quantitative estimate of drug-likeness (QED) is 0.789. The molecule has 1 aromatic carbocycles. The molecule has 2 nitrogen and oxygen atoms in total. The van der Waals surface area contributed by atoms with Crippen LogP contribution in [-0.4, -0.2) is 16.7 Å². The van der Waals surface area contributed by atoms with E-state index in [1.807, 2.05) is 0 Å². The van der Waals surface area contributed by atoms with E-state index in [9.17, 15) is 9.59 Å². The lowest BCUT2D eigenvalue weighted by molar-refractivity contribution is -0.118. The average Bonchev–Trinajstić information content (AvgIpc) is 2.38. The Morgan fingerprint density at radius 3 is 2.95 bits per heavy atom. The topological polar surface area (TPSA) is 34.1 Å². The smallest absolute Gasteiger partial charge is 0.185 e. The number of hydrogen-bond donors (Lipinski definition) is 0. The van der Waals surface area contributed by atoms with Gasteiger partial charge in [0.25, 0.3) is 0 Å². The molecule has 1 aliphatic rings. The summed E-state index contributed by atoms with van der Waals surface area (Å²) in [6.07, 6.45) is 7.24. The van der Waals surface area contributed by atoms with Crippen LogP contribution < -0.4 is 0 Å². The van der Waals surface area contributed by atoms with Gasteiger partial charge in [0.05, 0.1) is 0 Å². The van der Waals surface area contributed by atoms with Crippen molar-refractivity contribution in [3.63, 3.8) is 0 Å². The largest absolute Gasteiger partial charge is 0.299 e. The molecule has 0 N–H and O–H groups in total. The summed E-state index contributed by atoms with van der Waals surface area (Å²) < 4.78 is 0. The Kier molecular flexibility index (Phi) is 4.97. The summed E-state index contributed by atoms with van der Waals surface area (Å²) in [7, 11) is 0.